The van der Waals surface area contributed by atoms with E-state index in [1.165, 1.54) is 0 Å². The summed E-state index contributed by atoms with van der Waals surface area (Å²) in [5, 5.41) is 0. The number of hydrogen-bond donors (Lipinski definition) is 0. The van der Waals surface area contributed by atoms with Gasteiger partial charge in [0, 0.05) is 5.56 Å². The lowest BCUT2D eigenvalue weighted by Crippen LogP contribution is -1.74. The predicted molar refractivity (Wildman–Crippen MR) is 45.8 cm³/mol. The minimum Gasteiger partial charge on any atom is -0.207 e. The number of benzene rings is 1. The monoisotopic (exact) mass is 150 g/mol. The Hall–Kier alpha value is -1.11. The maximum absolute atomic E-state index is 13.0. The molecule has 0 nitrogen and oxygen atoms in total. The van der Waals surface area contributed by atoms with Crippen LogP contribution in [0, 0.1) is 0 Å². The molecule has 0 saturated carbocycles. The number of hydrogen-bond acceptors (Lipinski definition) is 0. The summed E-state index contributed by atoms with van der Waals surface area (Å²) in [5.74, 6) is -0.131. The SMILES string of the molecule is CC/C=C(\F)c1ccccc1. The quantitative estimate of drug-likeness (QED) is 0.606. The predicted octanol–water partition coefficient (Wildman–Crippen LogP) is 3.41. The molecule has 11 heavy (non-hydrogen) atoms. The molecule has 1 heteroatoms. The summed E-state index contributed by atoms with van der Waals surface area (Å²) >= 11 is 0. The van der Waals surface area contributed by atoms with Crippen LogP contribution in [0.15, 0.2) is 36.4 Å². The molecule has 0 atom stereocenters. The van der Waals surface area contributed by atoms with E-state index < -0.39 is 0 Å². The Kier molecular flexibility index (Phi) is 2.84. The number of halogens is 1. The Morgan fingerprint density at radius 2 is 2.00 bits per heavy atom. The molecule has 0 unspecified atom stereocenters. The van der Waals surface area contributed by atoms with Crippen LogP contribution in [0.1, 0.15) is 18.9 Å². The van der Waals surface area contributed by atoms with Crippen LogP contribution in [-0.4, -0.2) is 0 Å². The van der Waals surface area contributed by atoms with Crippen molar-refractivity contribution in [3.63, 3.8) is 0 Å². The molecule has 0 aromatic heterocycles. The van der Waals surface area contributed by atoms with Gasteiger partial charge in [-0.15, -0.1) is 0 Å². The first kappa shape index (κ1) is 7.99. The summed E-state index contributed by atoms with van der Waals surface area (Å²) in [6.07, 6.45) is 2.32. The second kappa shape index (κ2) is 3.91. The molecule has 0 saturated heterocycles. The molecule has 0 fully saturated rings. The van der Waals surface area contributed by atoms with E-state index in [9.17, 15) is 4.39 Å². The molecule has 0 radical (unpaired) electrons. The molecule has 0 aliphatic carbocycles. The summed E-state index contributed by atoms with van der Waals surface area (Å²) in [6.45, 7) is 1.92. The molecule has 0 amide bonds. The van der Waals surface area contributed by atoms with Crippen molar-refractivity contribution in [2.24, 2.45) is 0 Å². The zero-order valence-electron chi connectivity index (χ0n) is 6.55. The molecule has 58 valence electrons. The summed E-state index contributed by atoms with van der Waals surface area (Å²) in [5.41, 5.74) is 0.661. The van der Waals surface area contributed by atoms with E-state index in [4.69, 9.17) is 0 Å². The molecule has 1 rings (SSSR count). The van der Waals surface area contributed by atoms with Gasteiger partial charge in [0.25, 0.3) is 0 Å². The maximum Gasteiger partial charge on any atom is 0.126 e. The normalized spacial score (nSPS) is 11.6. The van der Waals surface area contributed by atoms with E-state index >= 15 is 0 Å². The van der Waals surface area contributed by atoms with Crippen molar-refractivity contribution in [3.05, 3.63) is 42.0 Å². The van der Waals surface area contributed by atoms with Crippen LogP contribution in [0.4, 0.5) is 4.39 Å². The van der Waals surface area contributed by atoms with Crippen LogP contribution >= 0.6 is 0 Å². The molecule has 1 aromatic rings. The average molecular weight is 150 g/mol. The minimum absolute atomic E-state index is 0.131. The zero-order valence-corrected chi connectivity index (χ0v) is 6.55. The fourth-order valence-electron chi connectivity index (χ4n) is 0.894. The Morgan fingerprint density at radius 1 is 1.36 bits per heavy atom. The highest BCUT2D eigenvalue weighted by Crippen LogP contribution is 2.14. The summed E-state index contributed by atoms with van der Waals surface area (Å²) in [4.78, 5) is 0. The fourth-order valence-corrected chi connectivity index (χ4v) is 0.894. The van der Waals surface area contributed by atoms with Crippen LogP contribution < -0.4 is 0 Å². The van der Waals surface area contributed by atoms with Gasteiger partial charge in [0.2, 0.25) is 0 Å². The van der Waals surface area contributed by atoms with Gasteiger partial charge < -0.3 is 0 Å². The second-order valence-corrected chi connectivity index (χ2v) is 2.33. The highest BCUT2D eigenvalue weighted by molar-refractivity contribution is 5.58. The Morgan fingerprint density at radius 3 is 2.55 bits per heavy atom. The molecule has 0 heterocycles. The standard InChI is InChI=1S/C10H11F/c1-2-6-10(11)9-7-4-3-5-8-9/h3-8H,2H2,1H3/b10-6-. The first-order valence-electron chi connectivity index (χ1n) is 3.75. The molecular formula is C10H11F. The summed E-state index contributed by atoms with van der Waals surface area (Å²) in [7, 11) is 0. The molecule has 0 N–H and O–H groups in total. The lowest BCUT2D eigenvalue weighted by atomic mass is 10.2. The van der Waals surface area contributed by atoms with Gasteiger partial charge in [0.15, 0.2) is 0 Å². The summed E-state index contributed by atoms with van der Waals surface area (Å²) in [6, 6.07) is 9.07. The van der Waals surface area contributed by atoms with E-state index in [-0.39, 0.29) is 5.83 Å². The van der Waals surface area contributed by atoms with Crippen molar-refractivity contribution in [2.45, 2.75) is 13.3 Å². The molecule has 0 spiro atoms. The topological polar surface area (TPSA) is 0 Å². The first-order chi connectivity index (χ1) is 5.34. The molecule has 0 aliphatic rings. The van der Waals surface area contributed by atoms with E-state index in [2.05, 4.69) is 0 Å². The van der Waals surface area contributed by atoms with E-state index in [0.29, 0.717) is 5.56 Å². The molecule has 0 bridgehead atoms. The van der Waals surface area contributed by atoms with Crippen LogP contribution in [-0.2, 0) is 0 Å². The van der Waals surface area contributed by atoms with Crippen molar-refractivity contribution in [1.82, 2.24) is 0 Å². The molecule has 1 aromatic carbocycles. The van der Waals surface area contributed by atoms with Crippen LogP contribution in [0.25, 0.3) is 5.83 Å². The van der Waals surface area contributed by atoms with Crippen molar-refractivity contribution in [3.8, 4) is 0 Å². The Balaban J connectivity index is 2.85. The van der Waals surface area contributed by atoms with Crippen molar-refractivity contribution in [1.29, 1.82) is 0 Å². The smallest absolute Gasteiger partial charge is 0.126 e. The van der Waals surface area contributed by atoms with E-state index in [0.717, 1.165) is 6.42 Å². The maximum atomic E-state index is 13.0. The van der Waals surface area contributed by atoms with Crippen LogP contribution in [0.5, 0.6) is 0 Å². The third kappa shape index (κ3) is 2.19. The van der Waals surface area contributed by atoms with Gasteiger partial charge in [-0.25, -0.2) is 4.39 Å². The van der Waals surface area contributed by atoms with Gasteiger partial charge in [0.05, 0.1) is 0 Å². The van der Waals surface area contributed by atoms with Gasteiger partial charge in [-0.2, -0.15) is 0 Å². The largest absolute Gasteiger partial charge is 0.207 e. The molecular weight excluding hydrogens is 139 g/mol. The Labute approximate surface area is 66.4 Å². The third-order valence-corrected chi connectivity index (χ3v) is 1.43. The first-order valence-corrected chi connectivity index (χ1v) is 3.75. The lowest BCUT2D eigenvalue weighted by molar-refractivity contribution is 0.755. The van der Waals surface area contributed by atoms with E-state index in [1.807, 2.05) is 25.1 Å². The minimum atomic E-state index is -0.131. The number of allylic oxidation sites excluding steroid dienone is 1. The van der Waals surface area contributed by atoms with Gasteiger partial charge in [-0.05, 0) is 12.5 Å². The second-order valence-electron chi connectivity index (χ2n) is 2.33. The third-order valence-electron chi connectivity index (χ3n) is 1.43. The van der Waals surface area contributed by atoms with Crippen LogP contribution in [0.3, 0.4) is 0 Å². The van der Waals surface area contributed by atoms with E-state index in [1.54, 1.807) is 18.2 Å². The zero-order chi connectivity index (χ0) is 8.10. The van der Waals surface area contributed by atoms with Gasteiger partial charge in [-0.1, -0.05) is 37.3 Å². The van der Waals surface area contributed by atoms with Gasteiger partial charge >= 0.3 is 0 Å². The molecule has 0 aliphatic heterocycles. The number of rotatable bonds is 2. The fraction of sp³-hybridized carbons (Fsp3) is 0.200. The van der Waals surface area contributed by atoms with Gasteiger partial charge in [0.1, 0.15) is 5.83 Å². The summed E-state index contributed by atoms with van der Waals surface area (Å²) < 4.78 is 13.0. The lowest BCUT2D eigenvalue weighted by Gasteiger charge is -1.94. The van der Waals surface area contributed by atoms with Crippen molar-refractivity contribution in [2.75, 3.05) is 0 Å². The van der Waals surface area contributed by atoms with Crippen molar-refractivity contribution < 1.29 is 4.39 Å². The Bertz CT molecular complexity index is 236. The highest BCUT2D eigenvalue weighted by atomic mass is 19.1. The van der Waals surface area contributed by atoms with Gasteiger partial charge in [-0.3, -0.25) is 0 Å². The van der Waals surface area contributed by atoms with Crippen molar-refractivity contribution >= 4 is 5.83 Å². The van der Waals surface area contributed by atoms with Crippen LogP contribution in [0.2, 0.25) is 0 Å². The highest BCUT2D eigenvalue weighted by Gasteiger charge is 1.94. The average Bonchev–Trinajstić information content (AvgIpc) is 2.07.